The normalized spacial score (nSPS) is 9.62. The lowest BCUT2D eigenvalue weighted by Gasteiger charge is -1.99. The quantitative estimate of drug-likeness (QED) is 0.729. The Bertz CT molecular complexity index is 385. The molecule has 4 heteroatoms. The Morgan fingerprint density at radius 3 is 2.77 bits per heavy atom. The highest BCUT2D eigenvalue weighted by molar-refractivity contribution is 5.70. The van der Waals surface area contributed by atoms with Crippen molar-refractivity contribution in [3.05, 3.63) is 23.0 Å². The molecule has 0 atom stereocenters. The predicted molar refractivity (Wildman–Crippen MR) is 46.2 cm³/mol. The lowest BCUT2D eigenvalue weighted by atomic mass is 10.2. The van der Waals surface area contributed by atoms with Gasteiger partial charge in [-0.05, 0) is 18.6 Å². The van der Waals surface area contributed by atoms with Crippen molar-refractivity contribution in [3.8, 4) is 6.07 Å². The minimum Gasteiger partial charge on any atom is -0.481 e. The first kappa shape index (κ1) is 9.33. The summed E-state index contributed by atoms with van der Waals surface area (Å²) in [4.78, 5) is 10.4. The Morgan fingerprint density at radius 1 is 1.77 bits per heavy atom. The fraction of sp³-hybridized carbons (Fsp3) is 0.333. The maximum atomic E-state index is 10.4. The number of nitriles is 1. The van der Waals surface area contributed by atoms with Gasteiger partial charge in [-0.3, -0.25) is 4.79 Å². The predicted octanol–water partition coefficient (Wildman–Crippen LogP) is 0.832. The van der Waals surface area contributed by atoms with E-state index in [2.05, 4.69) is 0 Å². The zero-order valence-electron chi connectivity index (χ0n) is 7.53. The number of aromatic nitrogens is 1. The van der Waals surface area contributed by atoms with Crippen molar-refractivity contribution in [3.63, 3.8) is 0 Å². The van der Waals surface area contributed by atoms with Gasteiger partial charge in [0.15, 0.2) is 0 Å². The van der Waals surface area contributed by atoms with Crippen LogP contribution in [0.15, 0.2) is 6.07 Å². The summed E-state index contributed by atoms with van der Waals surface area (Å²) in [6.07, 6.45) is -0.0426. The largest absolute Gasteiger partial charge is 0.481 e. The second-order valence-corrected chi connectivity index (χ2v) is 2.91. The van der Waals surface area contributed by atoms with Crippen LogP contribution in [0.4, 0.5) is 0 Å². The van der Waals surface area contributed by atoms with Crippen LogP contribution in [0.1, 0.15) is 17.0 Å². The van der Waals surface area contributed by atoms with Gasteiger partial charge in [0, 0.05) is 12.7 Å². The molecular weight excluding hydrogens is 168 g/mol. The minimum atomic E-state index is -0.884. The third-order valence-electron chi connectivity index (χ3n) is 1.96. The fourth-order valence-electron chi connectivity index (χ4n) is 1.31. The Morgan fingerprint density at radius 2 is 2.38 bits per heavy atom. The Labute approximate surface area is 76.0 Å². The number of hydrogen-bond donors (Lipinski definition) is 1. The molecule has 1 aromatic heterocycles. The SMILES string of the molecule is Cc1cc(CC(=O)O)n(C)c1C#N. The number of carboxylic acid groups (broad SMARTS) is 1. The van der Waals surface area contributed by atoms with Crippen molar-refractivity contribution in [1.82, 2.24) is 4.57 Å². The lowest BCUT2D eigenvalue weighted by Crippen LogP contribution is -2.05. The van der Waals surface area contributed by atoms with Gasteiger partial charge in [0.05, 0.1) is 6.42 Å². The summed E-state index contributed by atoms with van der Waals surface area (Å²) in [6, 6.07) is 3.76. The molecule has 1 rings (SSSR count). The van der Waals surface area contributed by atoms with E-state index in [1.165, 1.54) is 0 Å². The maximum absolute atomic E-state index is 10.4. The van der Waals surface area contributed by atoms with Gasteiger partial charge in [-0.15, -0.1) is 0 Å². The van der Waals surface area contributed by atoms with Crippen molar-refractivity contribution in [2.24, 2.45) is 7.05 Å². The highest BCUT2D eigenvalue weighted by atomic mass is 16.4. The molecule has 0 amide bonds. The topological polar surface area (TPSA) is 66.0 Å². The van der Waals surface area contributed by atoms with Crippen molar-refractivity contribution in [2.45, 2.75) is 13.3 Å². The average molecular weight is 178 g/mol. The zero-order valence-corrected chi connectivity index (χ0v) is 7.53. The van der Waals surface area contributed by atoms with Crippen LogP contribution in [-0.4, -0.2) is 15.6 Å². The summed E-state index contributed by atoms with van der Waals surface area (Å²) in [5.74, 6) is -0.884. The van der Waals surface area contributed by atoms with E-state index in [0.29, 0.717) is 11.4 Å². The van der Waals surface area contributed by atoms with Crippen molar-refractivity contribution in [1.29, 1.82) is 5.26 Å². The van der Waals surface area contributed by atoms with E-state index < -0.39 is 5.97 Å². The molecule has 0 unspecified atom stereocenters. The summed E-state index contributed by atoms with van der Waals surface area (Å²) in [5, 5.41) is 17.3. The van der Waals surface area contributed by atoms with Crippen LogP contribution < -0.4 is 0 Å². The second-order valence-electron chi connectivity index (χ2n) is 2.91. The number of hydrogen-bond acceptors (Lipinski definition) is 2. The Hall–Kier alpha value is -1.76. The molecule has 1 heterocycles. The Kier molecular flexibility index (Phi) is 2.38. The summed E-state index contributed by atoms with van der Waals surface area (Å²) >= 11 is 0. The number of aliphatic carboxylic acids is 1. The zero-order chi connectivity index (χ0) is 10.0. The summed E-state index contributed by atoms with van der Waals surface area (Å²) in [6.45, 7) is 1.80. The highest BCUT2D eigenvalue weighted by Gasteiger charge is 2.10. The van der Waals surface area contributed by atoms with Gasteiger partial charge in [0.1, 0.15) is 11.8 Å². The summed E-state index contributed by atoms with van der Waals surface area (Å²) in [5.41, 5.74) is 2.00. The van der Waals surface area contributed by atoms with Gasteiger partial charge in [0.25, 0.3) is 0 Å². The molecule has 0 fully saturated rings. The van der Waals surface area contributed by atoms with E-state index in [1.54, 1.807) is 24.6 Å². The van der Waals surface area contributed by atoms with Gasteiger partial charge in [-0.1, -0.05) is 0 Å². The first-order chi connectivity index (χ1) is 6.06. The molecule has 0 aliphatic rings. The van der Waals surface area contributed by atoms with Crippen LogP contribution in [0.3, 0.4) is 0 Å². The van der Waals surface area contributed by atoms with Crippen molar-refractivity contribution < 1.29 is 9.90 Å². The molecule has 1 N–H and O–H groups in total. The van der Waals surface area contributed by atoms with E-state index in [4.69, 9.17) is 10.4 Å². The number of carboxylic acids is 1. The monoisotopic (exact) mass is 178 g/mol. The molecule has 0 spiro atoms. The smallest absolute Gasteiger partial charge is 0.309 e. The van der Waals surface area contributed by atoms with E-state index in [0.717, 1.165) is 5.56 Å². The molecule has 0 saturated heterocycles. The van der Waals surface area contributed by atoms with Gasteiger partial charge < -0.3 is 9.67 Å². The van der Waals surface area contributed by atoms with Gasteiger partial charge in [0.2, 0.25) is 0 Å². The number of rotatable bonds is 2. The van der Waals surface area contributed by atoms with Crippen LogP contribution in [-0.2, 0) is 18.3 Å². The first-order valence-electron chi connectivity index (χ1n) is 3.83. The molecule has 68 valence electrons. The summed E-state index contributed by atoms with van der Waals surface area (Å²) < 4.78 is 1.61. The van der Waals surface area contributed by atoms with Gasteiger partial charge >= 0.3 is 5.97 Å². The van der Waals surface area contributed by atoms with Gasteiger partial charge in [-0.2, -0.15) is 5.26 Å². The third kappa shape index (κ3) is 1.70. The highest BCUT2D eigenvalue weighted by Crippen LogP contribution is 2.13. The number of aryl methyl sites for hydroxylation is 1. The molecule has 0 aromatic carbocycles. The molecule has 0 radical (unpaired) electrons. The first-order valence-corrected chi connectivity index (χ1v) is 3.83. The van der Waals surface area contributed by atoms with E-state index in [-0.39, 0.29) is 6.42 Å². The van der Waals surface area contributed by atoms with E-state index in [1.807, 2.05) is 6.07 Å². The molecular formula is C9H10N2O2. The average Bonchev–Trinajstić information content (AvgIpc) is 2.26. The molecule has 0 saturated carbocycles. The third-order valence-corrected chi connectivity index (χ3v) is 1.96. The Balaban J connectivity index is 3.12. The van der Waals surface area contributed by atoms with Crippen LogP contribution in [0.25, 0.3) is 0 Å². The maximum Gasteiger partial charge on any atom is 0.309 e. The number of carbonyl (C=O) groups is 1. The molecule has 13 heavy (non-hydrogen) atoms. The lowest BCUT2D eigenvalue weighted by molar-refractivity contribution is -0.136. The van der Waals surface area contributed by atoms with Crippen LogP contribution in [0, 0.1) is 18.3 Å². The molecule has 1 aromatic rings. The van der Waals surface area contributed by atoms with Crippen LogP contribution in [0.5, 0.6) is 0 Å². The molecule has 0 aliphatic carbocycles. The van der Waals surface area contributed by atoms with Crippen LogP contribution in [0.2, 0.25) is 0 Å². The van der Waals surface area contributed by atoms with E-state index >= 15 is 0 Å². The second kappa shape index (κ2) is 3.31. The van der Waals surface area contributed by atoms with Crippen molar-refractivity contribution >= 4 is 5.97 Å². The molecule has 0 aliphatic heterocycles. The van der Waals surface area contributed by atoms with E-state index in [9.17, 15) is 4.79 Å². The standard InChI is InChI=1S/C9H10N2O2/c1-6-3-7(4-9(12)13)11(2)8(6)5-10/h3H,4H2,1-2H3,(H,12,13). The van der Waals surface area contributed by atoms with Crippen LogP contribution >= 0.6 is 0 Å². The molecule has 4 nitrogen and oxygen atoms in total. The van der Waals surface area contributed by atoms with Crippen molar-refractivity contribution in [2.75, 3.05) is 0 Å². The summed E-state index contributed by atoms with van der Waals surface area (Å²) in [7, 11) is 1.70. The fourth-order valence-corrected chi connectivity index (χ4v) is 1.31. The number of nitrogens with zero attached hydrogens (tertiary/aromatic N) is 2. The van der Waals surface area contributed by atoms with Gasteiger partial charge in [-0.25, -0.2) is 0 Å². The minimum absolute atomic E-state index is 0.0426. The molecule has 0 bridgehead atoms.